The Balaban J connectivity index is 1.07. The van der Waals surface area contributed by atoms with Gasteiger partial charge in [0.25, 0.3) is 0 Å². The fraction of sp³-hybridized carbons (Fsp3) is 0.157. The van der Waals surface area contributed by atoms with E-state index in [9.17, 15) is 4.57 Å². The van der Waals surface area contributed by atoms with E-state index in [1.165, 1.54) is 46.9 Å². The zero-order valence-electron chi connectivity index (χ0n) is 31.9. The second-order valence-corrected chi connectivity index (χ2v) is 18.7. The Morgan fingerprint density at radius 1 is 0.411 bits per heavy atom. The molecule has 1 aromatic heterocycles. The Morgan fingerprint density at radius 3 is 1.38 bits per heavy atom. The van der Waals surface area contributed by atoms with E-state index in [1.54, 1.807) is 0 Å². The maximum atomic E-state index is 12.6. The van der Waals surface area contributed by atoms with E-state index >= 15 is 0 Å². The van der Waals surface area contributed by atoms with Crippen LogP contribution in [0.15, 0.2) is 170 Å². The first-order valence-electron chi connectivity index (χ1n) is 19.6. The number of fused-ring (bicyclic) bond motifs is 1. The molecule has 0 aliphatic heterocycles. The summed E-state index contributed by atoms with van der Waals surface area (Å²) in [5.41, 5.74) is 10.2. The van der Waals surface area contributed by atoms with Crippen molar-refractivity contribution in [1.82, 2.24) is 15.0 Å². The van der Waals surface area contributed by atoms with E-state index < -0.39 is 7.14 Å². The van der Waals surface area contributed by atoms with Gasteiger partial charge in [0.1, 0.15) is 7.14 Å². The topological polar surface area (TPSA) is 55.7 Å². The van der Waals surface area contributed by atoms with Gasteiger partial charge in [-0.15, -0.1) is 0 Å². The Labute approximate surface area is 329 Å². The standard InChI is InChI=1S/C51H44N3OP/c1-56(2,55)47-31-25-40(26-32-47)39-21-27-45(28-22-39)51(33-9-4-10-34-51)46-29-23-42(24-30-46)49-52-48(41-18-15-38(16-19-41)36-11-5-3-6-12-36)53-50(54-49)44-20-17-37-13-7-8-14-43(37)35-44/h3,5-8,11-32,35H,4,9-10,33-34H2,1-2H3. The highest BCUT2D eigenvalue weighted by Gasteiger charge is 2.35. The molecule has 0 saturated heterocycles. The molecular weight excluding hydrogens is 702 g/mol. The van der Waals surface area contributed by atoms with Crippen molar-refractivity contribution in [2.24, 2.45) is 0 Å². The van der Waals surface area contributed by atoms with E-state index in [0.717, 1.165) is 51.3 Å². The summed E-state index contributed by atoms with van der Waals surface area (Å²) in [5, 5.41) is 3.25. The van der Waals surface area contributed by atoms with E-state index in [4.69, 9.17) is 15.0 Å². The van der Waals surface area contributed by atoms with E-state index in [-0.39, 0.29) is 5.41 Å². The first-order valence-corrected chi connectivity index (χ1v) is 22.2. The van der Waals surface area contributed by atoms with Gasteiger partial charge in [-0.1, -0.05) is 183 Å². The zero-order chi connectivity index (χ0) is 38.1. The fourth-order valence-electron chi connectivity index (χ4n) is 8.37. The minimum Gasteiger partial charge on any atom is -0.319 e. The van der Waals surface area contributed by atoms with Crippen molar-refractivity contribution in [3.63, 3.8) is 0 Å². The first-order chi connectivity index (χ1) is 27.3. The van der Waals surface area contributed by atoms with Crippen LogP contribution in [0, 0.1) is 0 Å². The summed E-state index contributed by atoms with van der Waals surface area (Å²) in [6.07, 6.45) is 5.90. The molecule has 0 spiro atoms. The average Bonchev–Trinajstić information content (AvgIpc) is 3.26. The summed E-state index contributed by atoms with van der Waals surface area (Å²) < 4.78 is 12.6. The van der Waals surface area contributed by atoms with Gasteiger partial charge >= 0.3 is 0 Å². The minimum atomic E-state index is -2.29. The van der Waals surface area contributed by atoms with E-state index in [2.05, 4.69) is 152 Å². The molecule has 0 amide bonds. The van der Waals surface area contributed by atoms with Crippen molar-refractivity contribution in [2.45, 2.75) is 37.5 Å². The van der Waals surface area contributed by atoms with Gasteiger partial charge in [-0.3, -0.25) is 0 Å². The number of rotatable bonds is 8. The predicted octanol–water partition coefficient (Wildman–Crippen LogP) is 12.9. The Hall–Kier alpha value is -5.96. The van der Waals surface area contributed by atoms with Crippen molar-refractivity contribution in [3.05, 3.63) is 181 Å². The van der Waals surface area contributed by atoms with Crippen LogP contribution in [-0.2, 0) is 9.98 Å². The van der Waals surface area contributed by atoms with Crippen molar-refractivity contribution in [1.29, 1.82) is 0 Å². The predicted molar refractivity (Wildman–Crippen MR) is 234 cm³/mol. The molecule has 4 nitrogen and oxygen atoms in total. The van der Waals surface area contributed by atoms with Gasteiger partial charge in [-0.05, 0) is 76.4 Å². The molecule has 56 heavy (non-hydrogen) atoms. The highest BCUT2D eigenvalue weighted by molar-refractivity contribution is 7.70. The SMILES string of the molecule is CP(C)(=O)c1ccc(-c2ccc(C3(c4ccc(-c5nc(-c6ccc(-c7ccccc7)cc6)nc(-c6ccc7ccccc7c6)n5)cc4)CCCCC3)cc2)cc1. The fourth-order valence-corrected chi connectivity index (χ4v) is 9.23. The van der Waals surface area contributed by atoms with Crippen LogP contribution in [0.2, 0.25) is 0 Å². The summed E-state index contributed by atoms with van der Waals surface area (Å²) in [6.45, 7) is 3.65. The molecule has 274 valence electrons. The molecule has 9 rings (SSSR count). The van der Waals surface area contributed by atoms with Gasteiger partial charge in [0, 0.05) is 27.4 Å². The monoisotopic (exact) mass is 745 g/mol. The van der Waals surface area contributed by atoms with Crippen molar-refractivity contribution < 1.29 is 4.57 Å². The van der Waals surface area contributed by atoms with Crippen LogP contribution in [0.5, 0.6) is 0 Å². The number of hydrogen-bond donors (Lipinski definition) is 0. The molecule has 1 fully saturated rings. The van der Waals surface area contributed by atoms with Gasteiger partial charge in [-0.25, -0.2) is 15.0 Å². The van der Waals surface area contributed by atoms with Crippen LogP contribution in [0.4, 0.5) is 0 Å². The van der Waals surface area contributed by atoms with Crippen LogP contribution in [-0.4, -0.2) is 28.3 Å². The van der Waals surface area contributed by atoms with Crippen LogP contribution in [0.3, 0.4) is 0 Å². The van der Waals surface area contributed by atoms with Crippen LogP contribution in [0.25, 0.3) is 67.2 Å². The minimum absolute atomic E-state index is 0.0583. The third-order valence-corrected chi connectivity index (χ3v) is 13.1. The number of nitrogens with zero attached hydrogens (tertiary/aromatic N) is 3. The molecule has 0 atom stereocenters. The highest BCUT2D eigenvalue weighted by Crippen LogP contribution is 2.46. The van der Waals surface area contributed by atoms with Crippen LogP contribution >= 0.6 is 7.14 Å². The smallest absolute Gasteiger partial charge is 0.164 e. The summed E-state index contributed by atoms with van der Waals surface area (Å²) in [7, 11) is -2.29. The molecule has 0 unspecified atom stereocenters. The lowest BCUT2D eigenvalue weighted by molar-refractivity contribution is 0.346. The molecule has 1 aliphatic rings. The summed E-state index contributed by atoms with van der Waals surface area (Å²) >= 11 is 0. The number of benzene rings is 7. The van der Waals surface area contributed by atoms with Crippen molar-refractivity contribution in [2.75, 3.05) is 13.3 Å². The maximum absolute atomic E-state index is 12.6. The molecular formula is C51H44N3OP. The second kappa shape index (κ2) is 14.9. The van der Waals surface area contributed by atoms with Gasteiger partial charge in [0.2, 0.25) is 0 Å². The number of hydrogen-bond acceptors (Lipinski definition) is 4. The maximum Gasteiger partial charge on any atom is 0.164 e. The lowest BCUT2D eigenvalue weighted by Gasteiger charge is -2.39. The Morgan fingerprint density at radius 2 is 0.821 bits per heavy atom. The Kier molecular flexibility index (Phi) is 9.53. The summed E-state index contributed by atoms with van der Waals surface area (Å²) in [4.78, 5) is 15.3. The first kappa shape index (κ1) is 35.7. The number of aromatic nitrogens is 3. The lowest BCUT2D eigenvalue weighted by atomic mass is 9.65. The molecule has 0 radical (unpaired) electrons. The highest BCUT2D eigenvalue weighted by atomic mass is 31.2. The van der Waals surface area contributed by atoms with E-state index in [0.29, 0.717) is 17.5 Å². The average molecular weight is 746 g/mol. The second-order valence-electron chi connectivity index (χ2n) is 15.5. The molecule has 1 heterocycles. The molecule has 0 bridgehead atoms. The molecule has 8 aromatic rings. The largest absolute Gasteiger partial charge is 0.319 e. The third kappa shape index (κ3) is 7.14. The molecule has 1 aliphatic carbocycles. The van der Waals surface area contributed by atoms with Gasteiger partial charge in [0.15, 0.2) is 17.5 Å². The molecule has 0 N–H and O–H groups in total. The normalized spacial score (nSPS) is 14.1. The molecule has 1 saturated carbocycles. The summed E-state index contributed by atoms with van der Waals surface area (Å²) in [5.74, 6) is 1.97. The zero-order valence-corrected chi connectivity index (χ0v) is 32.8. The van der Waals surface area contributed by atoms with Gasteiger partial charge < -0.3 is 4.57 Å². The van der Waals surface area contributed by atoms with Gasteiger partial charge in [-0.2, -0.15) is 0 Å². The van der Waals surface area contributed by atoms with Crippen molar-refractivity contribution in [3.8, 4) is 56.4 Å². The third-order valence-electron chi connectivity index (χ3n) is 11.6. The van der Waals surface area contributed by atoms with E-state index in [1.807, 2.05) is 31.5 Å². The Bertz CT molecular complexity index is 2680. The molecule has 7 aromatic carbocycles. The molecule has 5 heteroatoms. The van der Waals surface area contributed by atoms with Crippen molar-refractivity contribution >= 4 is 23.2 Å². The van der Waals surface area contributed by atoms with Crippen LogP contribution in [0.1, 0.15) is 43.2 Å². The summed E-state index contributed by atoms with van der Waals surface area (Å²) in [6, 6.07) is 60.1. The lowest BCUT2D eigenvalue weighted by Crippen LogP contribution is -2.30. The van der Waals surface area contributed by atoms with Gasteiger partial charge in [0.05, 0.1) is 0 Å². The van der Waals surface area contributed by atoms with Crippen LogP contribution < -0.4 is 5.30 Å². The quantitative estimate of drug-likeness (QED) is 0.145.